The van der Waals surface area contributed by atoms with E-state index in [4.69, 9.17) is 56.6 Å². The van der Waals surface area contributed by atoms with Crippen molar-refractivity contribution in [3.05, 3.63) is 127 Å². The number of rotatable bonds is 12. The van der Waals surface area contributed by atoms with Gasteiger partial charge in [-0.25, -0.2) is 9.36 Å². The molecule has 4 aromatic carbocycles. The Morgan fingerprint density at radius 1 is 0.579 bits per heavy atom. The zero-order chi connectivity index (χ0) is 40.6. The van der Waals surface area contributed by atoms with Crippen molar-refractivity contribution < 1.29 is 36.2 Å². The van der Waals surface area contributed by atoms with Crippen molar-refractivity contribution in [1.82, 2.24) is 19.6 Å². The molecule has 0 saturated carbocycles. The molecule has 0 spiro atoms. The third-order valence-electron chi connectivity index (χ3n) is 10.4. The number of aliphatic hydroxyl groups is 2. The summed E-state index contributed by atoms with van der Waals surface area (Å²) in [6.07, 6.45) is 1.05. The lowest BCUT2D eigenvalue weighted by atomic mass is 10.00. The third kappa shape index (κ3) is 7.53. The first-order chi connectivity index (χ1) is 27.0. The summed E-state index contributed by atoms with van der Waals surface area (Å²) in [7, 11) is -8.88. The topological polar surface area (TPSA) is 185 Å². The van der Waals surface area contributed by atoms with E-state index >= 15 is 0 Å². The lowest BCUT2D eigenvalue weighted by molar-refractivity contribution is 0.148. The van der Waals surface area contributed by atoms with Crippen LogP contribution in [0.2, 0.25) is 20.1 Å². The first-order valence-corrected chi connectivity index (χ1v) is 22.1. The summed E-state index contributed by atoms with van der Waals surface area (Å²) < 4.78 is 70.2. The van der Waals surface area contributed by atoms with Crippen molar-refractivity contribution in [2.75, 3.05) is 0 Å². The van der Waals surface area contributed by atoms with E-state index in [1.165, 1.54) is 24.3 Å². The van der Waals surface area contributed by atoms with Gasteiger partial charge >= 0.3 is 0 Å². The van der Waals surface area contributed by atoms with E-state index in [2.05, 4.69) is 0 Å². The van der Waals surface area contributed by atoms with Crippen LogP contribution in [0.1, 0.15) is 78.0 Å². The minimum Gasteiger partial charge on any atom is -0.387 e. The standard InChI is InChI=1S/C39H32Cl4N4O8S2/c40-22-6-12-32(30(42)18-22)46-38-26-10-8-24(56(50,51)52)14-20(26)16-28(38)36(44-46)34(48)4-2-1-3-5-35(49)37-29-17-21-15-25(57(53,54)55)9-11-27(21)39(29)47(45-37)33-13-7-23(41)19-31(33)43/h6-15,18-19,34-35,48-49H,1-5,16-17H2,(H,50,51,52)(H,53,54,55). The van der Waals surface area contributed by atoms with Crippen LogP contribution in [0.3, 0.4) is 0 Å². The van der Waals surface area contributed by atoms with Crippen LogP contribution in [-0.4, -0.2) is 55.7 Å². The Labute approximate surface area is 347 Å². The molecule has 57 heavy (non-hydrogen) atoms. The van der Waals surface area contributed by atoms with Gasteiger partial charge in [-0.2, -0.15) is 27.0 Å². The Morgan fingerprint density at radius 2 is 0.982 bits per heavy atom. The van der Waals surface area contributed by atoms with Crippen LogP contribution in [-0.2, 0) is 33.1 Å². The van der Waals surface area contributed by atoms with Gasteiger partial charge in [-0.1, -0.05) is 77.8 Å². The van der Waals surface area contributed by atoms with Crippen molar-refractivity contribution in [2.24, 2.45) is 0 Å². The first-order valence-electron chi connectivity index (χ1n) is 17.7. The monoisotopic (exact) mass is 888 g/mol. The fraction of sp³-hybridized carbons (Fsp3) is 0.231. The summed E-state index contributed by atoms with van der Waals surface area (Å²) in [5, 5.41) is 34.1. The second-order valence-corrected chi connectivity index (χ2v) is 18.6. The molecule has 0 aliphatic heterocycles. The summed E-state index contributed by atoms with van der Waals surface area (Å²) in [5.41, 5.74) is 7.27. The van der Waals surface area contributed by atoms with Gasteiger partial charge in [-0.05, 0) is 84.6 Å². The van der Waals surface area contributed by atoms with Gasteiger partial charge in [0.1, 0.15) is 0 Å². The highest BCUT2D eigenvalue weighted by atomic mass is 35.5. The van der Waals surface area contributed by atoms with Crippen LogP contribution in [0.5, 0.6) is 0 Å². The summed E-state index contributed by atoms with van der Waals surface area (Å²) in [4.78, 5) is -0.470. The third-order valence-corrected chi connectivity index (χ3v) is 13.2. The number of nitrogens with zero attached hydrogens (tertiary/aromatic N) is 4. The first kappa shape index (κ1) is 40.0. The number of halogens is 4. The van der Waals surface area contributed by atoms with Crippen LogP contribution in [0, 0.1) is 0 Å². The van der Waals surface area contributed by atoms with Crippen molar-refractivity contribution in [1.29, 1.82) is 0 Å². The fourth-order valence-electron chi connectivity index (χ4n) is 7.75. The number of aromatic nitrogens is 4. The second-order valence-electron chi connectivity index (χ2n) is 14.1. The van der Waals surface area contributed by atoms with E-state index in [1.54, 1.807) is 57.9 Å². The normalized spacial score (nSPS) is 14.3. The van der Waals surface area contributed by atoms with Crippen LogP contribution in [0.15, 0.2) is 82.6 Å². The van der Waals surface area contributed by atoms with E-state index in [1.807, 2.05) is 0 Å². The molecule has 2 heterocycles. The molecule has 296 valence electrons. The molecule has 12 nitrogen and oxygen atoms in total. The highest BCUT2D eigenvalue weighted by Gasteiger charge is 2.34. The predicted molar refractivity (Wildman–Crippen MR) is 216 cm³/mol. The second kappa shape index (κ2) is 15.1. The van der Waals surface area contributed by atoms with Gasteiger partial charge in [0.05, 0.1) is 66.2 Å². The van der Waals surface area contributed by atoms with Gasteiger partial charge in [-0.15, -0.1) is 0 Å². The highest BCUT2D eigenvalue weighted by molar-refractivity contribution is 7.86. The van der Waals surface area contributed by atoms with Crippen LogP contribution < -0.4 is 0 Å². The predicted octanol–water partition coefficient (Wildman–Crippen LogP) is 9.02. The summed E-state index contributed by atoms with van der Waals surface area (Å²) in [6.45, 7) is 0. The lowest BCUT2D eigenvalue weighted by Gasteiger charge is -2.13. The van der Waals surface area contributed by atoms with Crippen LogP contribution in [0.4, 0.5) is 0 Å². The molecule has 0 bridgehead atoms. The molecule has 2 aliphatic carbocycles. The quantitative estimate of drug-likeness (QED) is 0.0682. The van der Waals surface area contributed by atoms with Gasteiger partial charge in [0.15, 0.2) is 0 Å². The molecule has 2 atom stereocenters. The van der Waals surface area contributed by atoms with Crippen molar-refractivity contribution >= 4 is 66.6 Å². The average molecular weight is 891 g/mol. The Morgan fingerprint density at radius 3 is 1.35 bits per heavy atom. The van der Waals surface area contributed by atoms with E-state index in [0.717, 1.165) is 0 Å². The van der Waals surface area contributed by atoms with Crippen molar-refractivity contribution in [2.45, 2.75) is 66.9 Å². The molecule has 0 fully saturated rings. The maximum atomic E-state index is 11.9. The molecular formula is C39H32Cl4N4O8S2. The molecule has 2 aliphatic rings. The summed E-state index contributed by atoms with van der Waals surface area (Å²) in [6, 6.07) is 18.6. The lowest BCUT2D eigenvalue weighted by Crippen LogP contribution is -2.06. The average Bonchev–Trinajstić information content (AvgIpc) is 3.89. The number of benzene rings is 4. The molecule has 8 rings (SSSR count). The van der Waals surface area contributed by atoms with E-state index < -0.39 is 32.4 Å². The smallest absolute Gasteiger partial charge is 0.294 e. The van der Waals surface area contributed by atoms with Gasteiger partial charge < -0.3 is 10.2 Å². The van der Waals surface area contributed by atoms with Crippen molar-refractivity contribution in [3.8, 4) is 33.9 Å². The SMILES string of the molecule is O=S(=O)(O)c1ccc2c(c1)Cc1c(C(O)CCCCCC(O)c3nn(-c4ccc(Cl)cc4Cl)c4c3Cc3cc(S(=O)(=O)O)ccc3-4)nn(-c3ccc(Cl)cc3Cl)c1-2. The van der Waals surface area contributed by atoms with E-state index in [0.29, 0.717) is 120 Å². The Bertz CT molecular complexity index is 2650. The molecule has 0 saturated heterocycles. The maximum absolute atomic E-state index is 11.9. The van der Waals surface area contributed by atoms with E-state index in [9.17, 15) is 36.2 Å². The minimum absolute atomic E-state index is 0.235. The Kier molecular flexibility index (Phi) is 10.6. The molecule has 0 amide bonds. The number of aliphatic hydroxyl groups excluding tert-OH is 2. The largest absolute Gasteiger partial charge is 0.387 e. The van der Waals surface area contributed by atoms with Gasteiger partial charge in [0.2, 0.25) is 0 Å². The molecule has 18 heteroatoms. The molecule has 2 aromatic heterocycles. The number of fused-ring (bicyclic) bond motifs is 6. The van der Waals surface area contributed by atoms with E-state index in [-0.39, 0.29) is 22.6 Å². The molecule has 6 aromatic rings. The Hall–Kier alpha value is -3.80. The van der Waals surface area contributed by atoms with Crippen molar-refractivity contribution in [3.63, 3.8) is 0 Å². The maximum Gasteiger partial charge on any atom is 0.294 e. The number of hydrogen-bond acceptors (Lipinski definition) is 8. The summed E-state index contributed by atoms with van der Waals surface area (Å²) in [5.74, 6) is 0. The zero-order valence-corrected chi connectivity index (χ0v) is 34.2. The molecular weight excluding hydrogens is 858 g/mol. The van der Waals surface area contributed by atoms with Crippen LogP contribution in [0.25, 0.3) is 33.9 Å². The van der Waals surface area contributed by atoms with Crippen LogP contribution >= 0.6 is 46.4 Å². The van der Waals surface area contributed by atoms with Gasteiger partial charge in [0, 0.05) is 45.1 Å². The van der Waals surface area contributed by atoms with Gasteiger partial charge in [-0.3, -0.25) is 9.11 Å². The molecule has 2 unspecified atom stereocenters. The highest BCUT2D eigenvalue weighted by Crippen LogP contribution is 2.46. The zero-order valence-electron chi connectivity index (χ0n) is 29.6. The molecule has 4 N–H and O–H groups in total. The summed E-state index contributed by atoms with van der Waals surface area (Å²) >= 11 is 25.5. The van der Waals surface area contributed by atoms with Gasteiger partial charge in [0.25, 0.3) is 20.2 Å². The number of hydrogen-bond donors (Lipinski definition) is 4. The number of unbranched alkanes of at least 4 members (excludes halogenated alkanes) is 2. The Balaban J connectivity index is 0.999. The minimum atomic E-state index is -4.44. The molecule has 0 radical (unpaired) electrons. The fourth-order valence-corrected chi connectivity index (χ4v) is 9.79.